The number of H-pyrrole nitrogens is 1. The molecule has 25 heavy (non-hydrogen) atoms. The quantitative estimate of drug-likeness (QED) is 0.633. The van der Waals surface area contributed by atoms with Crippen molar-refractivity contribution in [2.45, 2.75) is 43.0 Å². The Bertz CT molecular complexity index is 835. The third-order valence-electron chi connectivity index (χ3n) is 4.16. The van der Waals surface area contributed by atoms with Crippen LogP contribution in [0.5, 0.6) is 5.75 Å². The Kier molecular flexibility index (Phi) is 5.43. The topological polar surface area (TPSA) is 84.1 Å². The zero-order valence-corrected chi connectivity index (χ0v) is 15.1. The number of nitrogens with one attached hydrogen (secondary N) is 2. The van der Waals surface area contributed by atoms with Crippen LogP contribution in [0.25, 0.3) is 0 Å². The van der Waals surface area contributed by atoms with E-state index in [0.29, 0.717) is 16.6 Å². The molecule has 1 atom stereocenters. The Morgan fingerprint density at radius 2 is 2.16 bits per heavy atom. The van der Waals surface area contributed by atoms with Gasteiger partial charge in [-0.1, -0.05) is 17.8 Å². The van der Waals surface area contributed by atoms with Gasteiger partial charge in [-0.15, -0.1) is 0 Å². The van der Waals surface area contributed by atoms with E-state index in [1.54, 1.807) is 26.2 Å². The molecule has 7 heteroatoms. The SMILES string of the molecule is COc1cccc(NC(=O)C(C)Sc2nc3c(c(=O)[nH]2)CCCC3)c1. The van der Waals surface area contributed by atoms with Gasteiger partial charge in [0.1, 0.15) is 5.75 Å². The first-order valence-corrected chi connectivity index (χ1v) is 9.18. The third kappa shape index (κ3) is 4.22. The van der Waals surface area contributed by atoms with Crippen LogP contribution in [0, 0.1) is 0 Å². The van der Waals surface area contributed by atoms with Gasteiger partial charge >= 0.3 is 0 Å². The average molecular weight is 359 g/mol. The zero-order valence-electron chi connectivity index (χ0n) is 14.3. The number of amides is 1. The highest BCUT2D eigenvalue weighted by atomic mass is 32.2. The molecule has 132 valence electrons. The highest BCUT2D eigenvalue weighted by molar-refractivity contribution is 8.00. The van der Waals surface area contributed by atoms with Crippen LogP contribution in [0.4, 0.5) is 5.69 Å². The number of carbonyl (C=O) groups excluding carboxylic acids is 1. The van der Waals surface area contributed by atoms with Crippen LogP contribution in [-0.4, -0.2) is 28.2 Å². The molecule has 6 nitrogen and oxygen atoms in total. The number of hydrogen-bond acceptors (Lipinski definition) is 5. The van der Waals surface area contributed by atoms with E-state index in [9.17, 15) is 9.59 Å². The fraction of sp³-hybridized carbons (Fsp3) is 0.389. The lowest BCUT2D eigenvalue weighted by Gasteiger charge is -2.16. The van der Waals surface area contributed by atoms with E-state index in [1.165, 1.54) is 11.8 Å². The lowest BCUT2D eigenvalue weighted by Crippen LogP contribution is -2.25. The molecule has 1 heterocycles. The van der Waals surface area contributed by atoms with Gasteiger partial charge in [0.15, 0.2) is 5.16 Å². The van der Waals surface area contributed by atoms with Crippen molar-refractivity contribution in [2.24, 2.45) is 0 Å². The molecule has 1 aromatic carbocycles. The van der Waals surface area contributed by atoms with Crippen molar-refractivity contribution in [3.8, 4) is 5.75 Å². The number of hydrogen-bond donors (Lipinski definition) is 2. The average Bonchev–Trinajstić information content (AvgIpc) is 2.62. The van der Waals surface area contributed by atoms with Gasteiger partial charge in [-0.05, 0) is 44.7 Å². The van der Waals surface area contributed by atoms with Crippen molar-refractivity contribution in [1.82, 2.24) is 9.97 Å². The van der Waals surface area contributed by atoms with E-state index in [0.717, 1.165) is 36.9 Å². The fourth-order valence-corrected chi connectivity index (χ4v) is 3.62. The summed E-state index contributed by atoms with van der Waals surface area (Å²) in [5, 5.41) is 2.96. The van der Waals surface area contributed by atoms with E-state index in [4.69, 9.17) is 4.74 Å². The summed E-state index contributed by atoms with van der Waals surface area (Å²) in [7, 11) is 1.58. The van der Waals surface area contributed by atoms with Gasteiger partial charge < -0.3 is 15.0 Å². The van der Waals surface area contributed by atoms with E-state index in [-0.39, 0.29) is 11.5 Å². The number of thioether (sulfide) groups is 1. The normalized spacial score (nSPS) is 14.5. The Morgan fingerprint density at radius 3 is 2.96 bits per heavy atom. The number of methoxy groups -OCH3 is 1. The van der Waals surface area contributed by atoms with E-state index < -0.39 is 5.25 Å². The molecule has 0 spiro atoms. The van der Waals surface area contributed by atoms with Crippen molar-refractivity contribution in [3.63, 3.8) is 0 Å². The van der Waals surface area contributed by atoms with Crippen LogP contribution >= 0.6 is 11.8 Å². The number of aromatic amines is 1. The molecule has 0 fully saturated rings. The molecule has 3 rings (SSSR count). The largest absolute Gasteiger partial charge is 0.497 e. The highest BCUT2D eigenvalue weighted by Gasteiger charge is 2.20. The second kappa shape index (κ2) is 7.74. The van der Waals surface area contributed by atoms with Crippen molar-refractivity contribution >= 4 is 23.4 Å². The van der Waals surface area contributed by atoms with Gasteiger partial charge in [-0.2, -0.15) is 0 Å². The van der Waals surface area contributed by atoms with Crippen molar-refractivity contribution in [2.75, 3.05) is 12.4 Å². The van der Waals surface area contributed by atoms with Crippen molar-refractivity contribution < 1.29 is 9.53 Å². The van der Waals surface area contributed by atoms with Crippen LogP contribution in [0.2, 0.25) is 0 Å². The number of carbonyl (C=O) groups is 1. The minimum Gasteiger partial charge on any atom is -0.497 e. The zero-order chi connectivity index (χ0) is 17.8. The van der Waals surface area contributed by atoms with Gasteiger partial charge in [0.25, 0.3) is 5.56 Å². The second-order valence-electron chi connectivity index (χ2n) is 5.98. The first-order valence-electron chi connectivity index (χ1n) is 8.30. The maximum Gasteiger partial charge on any atom is 0.254 e. The van der Waals surface area contributed by atoms with Crippen LogP contribution in [0.1, 0.15) is 31.0 Å². The summed E-state index contributed by atoms with van der Waals surface area (Å²) in [6.45, 7) is 1.79. The molecule has 1 aliphatic carbocycles. The van der Waals surface area contributed by atoms with Crippen LogP contribution in [0.15, 0.2) is 34.2 Å². The molecule has 0 radical (unpaired) electrons. The van der Waals surface area contributed by atoms with Crippen LogP contribution in [-0.2, 0) is 17.6 Å². The summed E-state index contributed by atoms with van der Waals surface area (Å²) in [6, 6.07) is 7.19. The summed E-state index contributed by atoms with van der Waals surface area (Å²) in [4.78, 5) is 31.9. The van der Waals surface area contributed by atoms with E-state index >= 15 is 0 Å². The highest BCUT2D eigenvalue weighted by Crippen LogP contribution is 2.24. The number of fused-ring (bicyclic) bond motifs is 1. The molecule has 1 aromatic heterocycles. The standard InChI is InChI=1S/C18H21N3O3S/c1-11(16(22)19-12-6-5-7-13(10-12)24-2)25-18-20-15-9-4-3-8-14(15)17(23)21-18/h5-7,10-11H,3-4,8-9H2,1-2H3,(H,19,22)(H,20,21,23). The fourth-order valence-electron chi connectivity index (χ4n) is 2.80. The number of nitrogens with zero attached hydrogens (tertiary/aromatic N) is 1. The number of ether oxygens (including phenoxy) is 1. The molecule has 1 unspecified atom stereocenters. The Morgan fingerprint density at radius 1 is 1.36 bits per heavy atom. The van der Waals surface area contributed by atoms with Gasteiger partial charge in [0.05, 0.1) is 18.1 Å². The summed E-state index contributed by atoms with van der Waals surface area (Å²) in [6.07, 6.45) is 3.70. The predicted molar refractivity (Wildman–Crippen MR) is 98.4 cm³/mol. The van der Waals surface area contributed by atoms with Crippen LogP contribution in [0.3, 0.4) is 0 Å². The maximum absolute atomic E-state index is 12.4. The third-order valence-corrected chi connectivity index (χ3v) is 5.15. The Hall–Kier alpha value is -2.28. The lowest BCUT2D eigenvalue weighted by molar-refractivity contribution is -0.115. The predicted octanol–water partition coefficient (Wildman–Crippen LogP) is 2.78. The number of rotatable bonds is 5. The van der Waals surface area contributed by atoms with Gasteiger partial charge in [-0.25, -0.2) is 4.98 Å². The minimum atomic E-state index is -0.393. The Balaban J connectivity index is 1.69. The van der Waals surface area contributed by atoms with Crippen LogP contribution < -0.4 is 15.6 Å². The second-order valence-corrected chi connectivity index (χ2v) is 7.31. The maximum atomic E-state index is 12.4. The first kappa shape index (κ1) is 17.5. The minimum absolute atomic E-state index is 0.0763. The van der Waals surface area contributed by atoms with Gasteiger partial charge in [-0.3, -0.25) is 9.59 Å². The summed E-state index contributed by atoms with van der Waals surface area (Å²) in [5.41, 5.74) is 2.26. The molecule has 2 N–H and O–H groups in total. The van der Waals surface area contributed by atoms with Crippen molar-refractivity contribution in [3.05, 3.63) is 45.9 Å². The molecule has 0 aliphatic heterocycles. The molecule has 2 aromatic rings. The molecule has 1 aliphatic rings. The van der Waals surface area contributed by atoms with Gasteiger partial charge in [0, 0.05) is 17.3 Å². The van der Waals surface area contributed by atoms with E-state index in [2.05, 4.69) is 15.3 Å². The van der Waals surface area contributed by atoms with Gasteiger partial charge in [0.2, 0.25) is 5.91 Å². The molecular formula is C18H21N3O3S. The van der Waals surface area contributed by atoms with Crippen molar-refractivity contribution in [1.29, 1.82) is 0 Å². The first-order chi connectivity index (χ1) is 12.1. The number of aryl methyl sites for hydroxylation is 1. The Labute approximate surface area is 150 Å². The summed E-state index contributed by atoms with van der Waals surface area (Å²) >= 11 is 1.26. The smallest absolute Gasteiger partial charge is 0.254 e. The molecular weight excluding hydrogens is 338 g/mol. The molecule has 0 saturated carbocycles. The monoisotopic (exact) mass is 359 g/mol. The lowest BCUT2D eigenvalue weighted by atomic mass is 9.97. The number of anilines is 1. The summed E-state index contributed by atoms with van der Waals surface area (Å²) in [5.74, 6) is 0.525. The number of benzene rings is 1. The number of aromatic nitrogens is 2. The molecule has 0 bridgehead atoms. The summed E-state index contributed by atoms with van der Waals surface area (Å²) < 4.78 is 5.15. The molecule has 1 amide bonds. The van der Waals surface area contributed by atoms with E-state index in [1.807, 2.05) is 12.1 Å². The molecule has 0 saturated heterocycles.